The molecule has 8 nitrogen and oxygen atoms in total. The zero-order valence-corrected chi connectivity index (χ0v) is 25.3. The van der Waals surface area contributed by atoms with Gasteiger partial charge in [0, 0.05) is 35.4 Å². The number of carbonyl (C=O) groups is 1. The maximum atomic E-state index is 12.1. The molecule has 4 aromatic rings. The Kier molecular flexibility index (Phi) is 8.51. The molecule has 0 aliphatic carbocycles. The Labute approximate surface area is 254 Å². The smallest absolute Gasteiger partial charge is 0.250 e. The van der Waals surface area contributed by atoms with Crippen LogP contribution in [0, 0.1) is 13.8 Å². The molecule has 0 spiro atoms. The number of thiocarbonyl (C=S) groups is 1. The molecule has 0 unspecified atom stereocenters. The zero-order valence-electron chi connectivity index (χ0n) is 22.9. The highest BCUT2D eigenvalue weighted by Crippen LogP contribution is 2.45. The number of carbonyl (C=O) groups excluding carboxylic acids is 1. The lowest BCUT2D eigenvalue weighted by Gasteiger charge is -2.28. The maximum Gasteiger partial charge on any atom is 0.250 e. The molecule has 41 heavy (non-hydrogen) atoms. The van der Waals surface area contributed by atoms with Crippen molar-refractivity contribution in [3.8, 4) is 11.4 Å². The second-order valence-electron chi connectivity index (χ2n) is 9.62. The van der Waals surface area contributed by atoms with Crippen LogP contribution < -0.4 is 20.3 Å². The van der Waals surface area contributed by atoms with Crippen molar-refractivity contribution in [2.45, 2.75) is 25.9 Å². The average Bonchev–Trinajstić information content (AvgIpc) is 3.45. The van der Waals surface area contributed by atoms with Gasteiger partial charge in [-0.1, -0.05) is 29.3 Å². The number of hydrogen-bond acceptors (Lipinski definition) is 5. The highest BCUT2D eigenvalue weighted by atomic mass is 35.5. The van der Waals surface area contributed by atoms with Crippen LogP contribution in [0.3, 0.4) is 0 Å². The van der Waals surface area contributed by atoms with E-state index < -0.39 is 0 Å². The fourth-order valence-corrected chi connectivity index (χ4v) is 6.05. The Morgan fingerprint density at radius 1 is 1.10 bits per heavy atom. The Morgan fingerprint density at radius 2 is 1.90 bits per heavy atom. The first-order valence-corrected chi connectivity index (χ1v) is 14.0. The first kappa shape index (κ1) is 28.9. The van der Waals surface area contributed by atoms with Gasteiger partial charge in [-0.15, -0.1) is 0 Å². The van der Waals surface area contributed by atoms with E-state index in [2.05, 4.69) is 33.2 Å². The number of hydrogen-bond donors (Lipinski definition) is 2. The molecule has 2 aromatic carbocycles. The number of ether oxygens (including phenoxy) is 2. The molecule has 5 rings (SSSR count). The van der Waals surface area contributed by atoms with Gasteiger partial charge in [0.2, 0.25) is 5.91 Å². The van der Waals surface area contributed by atoms with E-state index in [-0.39, 0.29) is 24.6 Å². The van der Waals surface area contributed by atoms with Crippen molar-refractivity contribution in [3.05, 3.63) is 99.6 Å². The highest BCUT2D eigenvalue weighted by Gasteiger charge is 2.42. The van der Waals surface area contributed by atoms with Gasteiger partial charge in [0.1, 0.15) is 12.4 Å². The fraction of sp³-hybridized carbons (Fsp3) is 0.233. The predicted molar refractivity (Wildman–Crippen MR) is 167 cm³/mol. The highest BCUT2D eigenvalue weighted by molar-refractivity contribution is 7.80. The molecule has 3 heterocycles. The monoisotopic (exact) mass is 609 g/mol. The van der Waals surface area contributed by atoms with Crippen molar-refractivity contribution >= 4 is 57.8 Å². The molecule has 1 amide bonds. The molecule has 2 aromatic heterocycles. The lowest BCUT2D eigenvalue weighted by atomic mass is 9.96. The predicted octanol–water partition coefficient (Wildman–Crippen LogP) is 6.57. The number of anilines is 2. The number of nitrogens with one attached hydrogen (secondary N) is 2. The molecule has 212 valence electrons. The summed E-state index contributed by atoms with van der Waals surface area (Å²) in [4.78, 5) is 18.8. The van der Waals surface area contributed by atoms with Gasteiger partial charge >= 0.3 is 0 Å². The van der Waals surface area contributed by atoms with Crippen LogP contribution in [0.2, 0.25) is 10.0 Å². The van der Waals surface area contributed by atoms with Crippen molar-refractivity contribution < 1.29 is 14.3 Å². The third kappa shape index (κ3) is 5.63. The van der Waals surface area contributed by atoms with Crippen molar-refractivity contribution in [2.24, 2.45) is 0 Å². The van der Waals surface area contributed by atoms with Crippen LogP contribution in [0.15, 0.2) is 66.9 Å². The molecular weight excluding hydrogens is 581 g/mol. The minimum Gasteiger partial charge on any atom is -0.495 e. The van der Waals surface area contributed by atoms with Crippen LogP contribution in [-0.4, -0.2) is 41.4 Å². The van der Waals surface area contributed by atoms with E-state index in [9.17, 15) is 4.79 Å². The molecule has 2 atom stereocenters. The minimum atomic E-state index is -0.294. The molecule has 0 saturated carbocycles. The van der Waals surface area contributed by atoms with Crippen molar-refractivity contribution in [1.82, 2.24) is 14.9 Å². The number of halogens is 2. The molecule has 1 aliphatic rings. The summed E-state index contributed by atoms with van der Waals surface area (Å²) in [6.07, 6.45) is 1.77. The van der Waals surface area contributed by atoms with Gasteiger partial charge in [0.05, 0.1) is 41.3 Å². The summed E-state index contributed by atoms with van der Waals surface area (Å²) in [6.45, 7) is 4.05. The van der Waals surface area contributed by atoms with Gasteiger partial charge in [-0.05, 0) is 86.2 Å². The van der Waals surface area contributed by atoms with Gasteiger partial charge in [0.15, 0.2) is 5.11 Å². The number of benzene rings is 2. The fourth-order valence-electron chi connectivity index (χ4n) is 5.32. The van der Waals surface area contributed by atoms with Crippen LogP contribution in [0.1, 0.15) is 34.7 Å². The Bertz CT molecular complexity index is 1610. The largest absolute Gasteiger partial charge is 0.495 e. The summed E-state index contributed by atoms with van der Waals surface area (Å²) >= 11 is 19.0. The second kappa shape index (κ2) is 12.1. The van der Waals surface area contributed by atoms with Crippen LogP contribution in [0.4, 0.5) is 11.4 Å². The normalized spacial score (nSPS) is 16.5. The molecular formula is C30H29Cl2N5O3S. The van der Waals surface area contributed by atoms with E-state index in [1.54, 1.807) is 25.4 Å². The van der Waals surface area contributed by atoms with Crippen molar-refractivity contribution in [2.75, 3.05) is 31.0 Å². The topological polar surface area (TPSA) is 80.7 Å². The van der Waals surface area contributed by atoms with E-state index in [0.29, 0.717) is 26.6 Å². The quantitative estimate of drug-likeness (QED) is 0.219. The number of amides is 1. The Hall–Kier alpha value is -3.63. The third-order valence-corrected chi connectivity index (χ3v) is 7.91. The molecule has 0 radical (unpaired) electrons. The van der Waals surface area contributed by atoms with Crippen LogP contribution in [0.25, 0.3) is 5.69 Å². The first-order chi connectivity index (χ1) is 19.7. The van der Waals surface area contributed by atoms with Gasteiger partial charge in [-0.3, -0.25) is 9.78 Å². The SMILES string of the molecule is COCC(=O)Nc1ccc(N2C(=S)N[C@@H](c3ccccn3)[C@H]2c2cc(C)n(-c3cc(Cl)ccc3OC)c2C)cc1Cl. The molecule has 11 heteroatoms. The number of rotatable bonds is 8. The summed E-state index contributed by atoms with van der Waals surface area (Å²) in [7, 11) is 3.11. The first-order valence-electron chi connectivity index (χ1n) is 12.8. The number of nitrogens with zero attached hydrogens (tertiary/aromatic N) is 3. The number of methoxy groups -OCH3 is 2. The zero-order chi connectivity index (χ0) is 29.3. The third-order valence-electron chi connectivity index (χ3n) is 7.05. The average molecular weight is 611 g/mol. The van der Waals surface area contributed by atoms with Gasteiger partial charge in [-0.2, -0.15) is 0 Å². The number of aryl methyl sites for hydroxylation is 1. The summed E-state index contributed by atoms with van der Waals surface area (Å²) in [5.74, 6) is 0.413. The standard InChI is InChI=1S/C30H29Cl2N5O3S/c1-17-13-21(18(2)36(17)25-14-19(31)8-11-26(25)40-4)29-28(24-7-5-6-12-33-24)35-30(41)37(29)20-9-10-23(22(32)15-20)34-27(38)16-39-3/h5-15,28-29H,16H2,1-4H3,(H,34,38)(H,35,41)/t28-,29+/m0/s1. The second-order valence-corrected chi connectivity index (χ2v) is 10.9. The molecule has 1 fully saturated rings. The number of aromatic nitrogens is 2. The summed E-state index contributed by atoms with van der Waals surface area (Å²) in [6, 6.07) is 18.5. The Morgan fingerprint density at radius 3 is 2.59 bits per heavy atom. The summed E-state index contributed by atoms with van der Waals surface area (Å²) < 4.78 is 12.7. The van der Waals surface area contributed by atoms with Gasteiger partial charge in [0.25, 0.3) is 0 Å². The number of pyridine rings is 1. The van der Waals surface area contributed by atoms with Crippen molar-refractivity contribution in [3.63, 3.8) is 0 Å². The summed E-state index contributed by atoms with van der Waals surface area (Å²) in [5, 5.41) is 7.78. The van der Waals surface area contributed by atoms with Gasteiger partial charge < -0.3 is 29.6 Å². The molecule has 2 N–H and O–H groups in total. The lowest BCUT2D eigenvalue weighted by molar-refractivity contribution is -0.119. The summed E-state index contributed by atoms with van der Waals surface area (Å²) in [5.41, 5.74) is 5.99. The van der Waals surface area contributed by atoms with E-state index >= 15 is 0 Å². The van der Waals surface area contributed by atoms with Gasteiger partial charge in [-0.25, -0.2) is 0 Å². The lowest BCUT2D eigenvalue weighted by Crippen LogP contribution is -2.29. The van der Waals surface area contributed by atoms with E-state index in [1.165, 1.54) is 7.11 Å². The minimum absolute atomic E-state index is 0.0704. The molecule has 0 bridgehead atoms. The molecule has 1 saturated heterocycles. The Balaban J connectivity index is 1.63. The van der Waals surface area contributed by atoms with Crippen LogP contribution >= 0.6 is 35.4 Å². The maximum absolute atomic E-state index is 12.1. The van der Waals surface area contributed by atoms with Crippen molar-refractivity contribution in [1.29, 1.82) is 0 Å². The van der Waals surface area contributed by atoms with Crippen LogP contribution in [0.5, 0.6) is 5.75 Å². The van der Waals surface area contributed by atoms with E-state index in [1.807, 2.05) is 54.3 Å². The van der Waals surface area contributed by atoms with E-state index in [0.717, 1.165) is 34.0 Å². The molecule has 1 aliphatic heterocycles. The van der Waals surface area contributed by atoms with E-state index in [4.69, 9.17) is 44.9 Å². The van der Waals surface area contributed by atoms with Crippen LogP contribution in [-0.2, 0) is 9.53 Å².